The number of aliphatic hydroxyl groups excluding tert-OH is 1. The molecule has 42 heavy (non-hydrogen) atoms. The maximum Gasteiger partial charge on any atom is 0.380 e. The molecule has 1 aliphatic heterocycles. The van der Waals surface area contributed by atoms with Crippen LogP contribution in [0, 0.1) is 5.92 Å². The van der Waals surface area contributed by atoms with Crippen molar-refractivity contribution >= 4 is 30.7 Å². The van der Waals surface area contributed by atoms with Gasteiger partial charge in [-0.2, -0.15) is 4.98 Å². The smallest absolute Gasteiger partial charge is 0.380 e. The van der Waals surface area contributed by atoms with E-state index in [1.54, 1.807) is 44.2 Å². The molecule has 1 aromatic carbocycles. The number of aromatic amines is 1. The average Bonchev–Trinajstić information content (AvgIpc) is 3.42. The van der Waals surface area contributed by atoms with Crippen LogP contribution in [-0.4, -0.2) is 78.1 Å². The van der Waals surface area contributed by atoms with Gasteiger partial charge in [0.25, 0.3) is 5.56 Å². The molecular weight excluding hydrogens is 576 g/mol. The lowest BCUT2D eigenvalue weighted by atomic mass is 9.88. The highest BCUT2D eigenvalue weighted by molar-refractivity contribution is 7.54. The van der Waals surface area contributed by atoms with E-state index in [4.69, 9.17) is 24.3 Å². The third-order valence-electron chi connectivity index (χ3n) is 6.72. The third-order valence-corrected chi connectivity index (χ3v) is 8.95. The molecule has 0 radical (unpaired) electrons. The van der Waals surface area contributed by atoms with Crippen LogP contribution in [0.2, 0.25) is 0 Å². The van der Waals surface area contributed by atoms with Crippen molar-refractivity contribution in [3.8, 4) is 5.75 Å². The molecule has 14 nitrogen and oxygen atoms in total. The summed E-state index contributed by atoms with van der Waals surface area (Å²) in [7, 11) is -4.24. The SMILES string of the molecule is CC(C)OC(=O)[C@H](C)C[P@@](=O)(Oc1ccccc1)OC(C)(C)[C@H]1O[C@@H](n2cnc3c(=O)[nH]c(N)nc32)C(O)(CF)[C@H]1O. The van der Waals surface area contributed by atoms with E-state index < -0.39 is 73.6 Å². The standard InChI is InChI=1S/C26H35FN5O9P/c1-14(2)38-22(35)15(3)11-42(37,40-16-9-7-6-8-10-16)41-25(4,5)19-18(33)26(36,12-27)23(39-19)32-13-29-17-20(32)30-24(28)31-21(17)34/h6-10,13-15,18-19,23,33,36H,11-12H2,1-5H3,(H3,28,30,31,34)/t15-,18+,19+,23-,26?,42-/m1/s1. The van der Waals surface area contributed by atoms with Crippen molar-refractivity contribution < 1.29 is 42.5 Å². The van der Waals surface area contributed by atoms with Gasteiger partial charge in [0.1, 0.15) is 30.2 Å². The number of hydrogen-bond acceptors (Lipinski definition) is 12. The number of carbonyl (C=O) groups is 1. The maximum atomic E-state index is 14.5. The van der Waals surface area contributed by atoms with Crippen LogP contribution < -0.4 is 15.8 Å². The normalized spacial score (nSPS) is 24.9. The molecule has 1 fully saturated rings. The number of esters is 1. The molecule has 1 aliphatic rings. The first-order chi connectivity index (χ1) is 19.6. The Hall–Kier alpha value is -3.36. The molecule has 5 N–H and O–H groups in total. The van der Waals surface area contributed by atoms with E-state index in [0.29, 0.717) is 0 Å². The number of alkyl halides is 1. The van der Waals surface area contributed by atoms with E-state index in [2.05, 4.69) is 15.0 Å². The van der Waals surface area contributed by atoms with E-state index in [1.165, 1.54) is 20.8 Å². The van der Waals surface area contributed by atoms with Gasteiger partial charge in [-0.1, -0.05) is 25.1 Å². The fourth-order valence-electron chi connectivity index (χ4n) is 4.75. The van der Waals surface area contributed by atoms with Gasteiger partial charge in [-0.25, -0.2) is 13.9 Å². The quantitative estimate of drug-likeness (QED) is 0.182. The summed E-state index contributed by atoms with van der Waals surface area (Å²) < 4.78 is 52.8. The Bertz CT molecular complexity index is 1530. The number of nitrogens with zero attached hydrogens (tertiary/aromatic N) is 3. The Morgan fingerprint density at radius 3 is 2.60 bits per heavy atom. The van der Waals surface area contributed by atoms with Crippen molar-refractivity contribution in [1.82, 2.24) is 19.5 Å². The van der Waals surface area contributed by atoms with E-state index >= 15 is 0 Å². The predicted octanol–water partition coefficient (Wildman–Crippen LogP) is 2.32. The summed E-state index contributed by atoms with van der Waals surface area (Å²) in [6.07, 6.45) is -4.83. The summed E-state index contributed by atoms with van der Waals surface area (Å²) >= 11 is 0. The van der Waals surface area contributed by atoms with Gasteiger partial charge in [-0.3, -0.25) is 23.7 Å². The molecule has 0 spiro atoms. The number of anilines is 1. The summed E-state index contributed by atoms with van der Waals surface area (Å²) in [5.74, 6) is -1.62. The Morgan fingerprint density at radius 1 is 1.31 bits per heavy atom. The number of ether oxygens (including phenoxy) is 2. The Labute approximate surface area is 240 Å². The van der Waals surface area contributed by atoms with Crippen LogP contribution in [0.1, 0.15) is 40.8 Å². The molecule has 3 aromatic rings. The number of imidazole rings is 1. The molecule has 0 saturated carbocycles. The van der Waals surface area contributed by atoms with Crippen LogP contribution in [0.5, 0.6) is 5.75 Å². The van der Waals surface area contributed by atoms with Gasteiger partial charge in [-0.05, 0) is 39.8 Å². The van der Waals surface area contributed by atoms with Gasteiger partial charge in [0.15, 0.2) is 23.0 Å². The van der Waals surface area contributed by atoms with Crippen LogP contribution in [-0.2, 0) is 23.4 Å². The minimum atomic E-state index is -4.24. The highest BCUT2D eigenvalue weighted by Gasteiger charge is 2.62. The van der Waals surface area contributed by atoms with Crippen LogP contribution in [0.25, 0.3) is 11.2 Å². The van der Waals surface area contributed by atoms with Gasteiger partial charge in [0, 0.05) is 0 Å². The van der Waals surface area contributed by atoms with Crippen molar-refractivity contribution in [3.63, 3.8) is 0 Å². The number of benzene rings is 1. The van der Waals surface area contributed by atoms with E-state index in [0.717, 1.165) is 10.9 Å². The number of nitrogens with two attached hydrogens (primary N) is 1. The van der Waals surface area contributed by atoms with Gasteiger partial charge in [-0.15, -0.1) is 0 Å². The van der Waals surface area contributed by atoms with Crippen molar-refractivity contribution in [2.24, 2.45) is 5.92 Å². The fraction of sp³-hybridized carbons (Fsp3) is 0.538. The second kappa shape index (κ2) is 11.7. The van der Waals surface area contributed by atoms with Crippen molar-refractivity contribution in [2.45, 2.75) is 70.4 Å². The van der Waals surface area contributed by atoms with Crippen LogP contribution in [0.15, 0.2) is 41.5 Å². The van der Waals surface area contributed by atoms with Crippen LogP contribution in [0.4, 0.5) is 10.3 Å². The Kier molecular flexibility index (Phi) is 8.82. The zero-order valence-electron chi connectivity index (χ0n) is 23.8. The third kappa shape index (κ3) is 6.20. The molecular formula is C26H35FN5O9P. The number of para-hydroxylation sites is 1. The Balaban J connectivity index is 1.68. The molecule has 0 amide bonds. The first-order valence-corrected chi connectivity index (χ1v) is 14.9. The number of nitrogen functional groups attached to an aromatic ring is 1. The van der Waals surface area contributed by atoms with Gasteiger partial charge in [0.05, 0.1) is 24.5 Å². The first kappa shape index (κ1) is 31.6. The largest absolute Gasteiger partial charge is 0.463 e. The zero-order valence-corrected chi connectivity index (χ0v) is 24.7. The number of rotatable bonds is 11. The van der Waals surface area contributed by atoms with Crippen molar-refractivity contribution in [2.75, 3.05) is 18.6 Å². The van der Waals surface area contributed by atoms with Crippen LogP contribution in [0.3, 0.4) is 0 Å². The number of fused-ring (bicyclic) bond motifs is 1. The van der Waals surface area contributed by atoms with Crippen molar-refractivity contribution in [1.29, 1.82) is 0 Å². The Morgan fingerprint density at radius 2 is 1.98 bits per heavy atom. The molecule has 1 unspecified atom stereocenters. The molecule has 0 bridgehead atoms. The second-order valence-corrected chi connectivity index (χ2v) is 13.0. The molecule has 6 atom stereocenters. The molecule has 3 heterocycles. The van der Waals surface area contributed by atoms with E-state index in [1.807, 2.05) is 0 Å². The maximum absolute atomic E-state index is 14.5. The number of H-pyrrole nitrogens is 1. The lowest BCUT2D eigenvalue weighted by Gasteiger charge is -2.36. The van der Waals surface area contributed by atoms with Crippen molar-refractivity contribution in [3.05, 3.63) is 47.0 Å². The molecule has 4 rings (SSSR count). The van der Waals surface area contributed by atoms with E-state index in [9.17, 15) is 28.8 Å². The summed E-state index contributed by atoms with van der Waals surface area (Å²) in [5, 5.41) is 22.5. The predicted molar refractivity (Wildman–Crippen MR) is 149 cm³/mol. The number of nitrogens with one attached hydrogen (secondary N) is 1. The topological polar surface area (TPSA) is 201 Å². The fourth-order valence-corrected chi connectivity index (χ4v) is 7.02. The number of carbonyl (C=O) groups excluding carboxylic acids is 1. The summed E-state index contributed by atoms with van der Waals surface area (Å²) in [6.45, 7) is 6.19. The summed E-state index contributed by atoms with van der Waals surface area (Å²) in [6, 6.07) is 8.12. The number of aromatic nitrogens is 4. The zero-order chi connectivity index (χ0) is 31.0. The lowest BCUT2D eigenvalue weighted by molar-refractivity contribution is -0.151. The first-order valence-electron chi connectivity index (χ1n) is 13.2. The molecule has 0 aliphatic carbocycles. The number of hydrogen-bond donors (Lipinski definition) is 4. The lowest BCUT2D eigenvalue weighted by Crippen LogP contribution is -2.53. The molecule has 2 aromatic heterocycles. The van der Waals surface area contributed by atoms with Gasteiger partial charge in [0.2, 0.25) is 5.95 Å². The minimum Gasteiger partial charge on any atom is -0.463 e. The number of aliphatic hydroxyl groups is 2. The monoisotopic (exact) mass is 611 g/mol. The van der Waals surface area contributed by atoms with E-state index in [-0.39, 0.29) is 22.9 Å². The minimum absolute atomic E-state index is 0.129. The molecule has 16 heteroatoms. The highest BCUT2D eigenvalue weighted by Crippen LogP contribution is 2.56. The van der Waals surface area contributed by atoms with Crippen LogP contribution >= 0.6 is 7.60 Å². The van der Waals surface area contributed by atoms with Gasteiger partial charge < -0.3 is 29.9 Å². The number of halogens is 1. The second-order valence-electron chi connectivity index (χ2n) is 11.0. The molecule has 230 valence electrons. The van der Waals surface area contributed by atoms with Gasteiger partial charge >= 0.3 is 13.6 Å². The summed E-state index contributed by atoms with van der Waals surface area (Å²) in [5.41, 5.74) is 0.403. The summed E-state index contributed by atoms with van der Waals surface area (Å²) in [4.78, 5) is 35.1. The average molecular weight is 612 g/mol. The molecule has 1 saturated heterocycles. The highest BCUT2D eigenvalue weighted by atomic mass is 31.2.